The molecule has 1 aromatic heterocycles. The third-order valence-corrected chi connectivity index (χ3v) is 3.99. The third-order valence-electron chi connectivity index (χ3n) is 3.99. The van der Waals surface area contributed by atoms with Crippen molar-refractivity contribution in [1.82, 2.24) is 15.5 Å². The summed E-state index contributed by atoms with van der Waals surface area (Å²) in [4.78, 5) is 0. The van der Waals surface area contributed by atoms with Gasteiger partial charge in [0.2, 0.25) is 0 Å². The zero-order valence-electron chi connectivity index (χ0n) is 11.4. The summed E-state index contributed by atoms with van der Waals surface area (Å²) in [5.41, 5.74) is 6.18. The van der Waals surface area contributed by atoms with E-state index in [0.717, 1.165) is 25.9 Å². The summed E-state index contributed by atoms with van der Waals surface area (Å²) >= 11 is 0. The lowest BCUT2D eigenvalue weighted by molar-refractivity contribution is 0.128. The molecule has 0 radical (unpaired) electrons. The average molecular weight is 278 g/mol. The molecule has 1 aliphatic heterocycles. The predicted octanol–water partition coefficient (Wildman–Crippen LogP) is 2.05. The van der Waals surface area contributed by atoms with Crippen LogP contribution in [0.15, 0.2) is 12.1 Å². The molecule has 0 amide bonds. The van der Waals surface area contributed by atoms with Crippen LogP contribution < -0.4 is 15.8 Å². The van der Waals surface area contributed by atoms with Crippen LogP contribution >= 0.6 is 0 Å². The van der Waals surface area contributed by atoms with E-state index in [-0.39, 0.29) is 11.9 Å². The van der Waals surface area contributed by atoms with Crippen molar-refractivity contribution >= 4 is 16.7 Å². The largest absolute Gasteiger partial charge is 0.490 e. The van der Waals surface area contributed by atoms with E-state index in [0.29, 0.717) is 22.6 Å². The molecule has 1 atom stereocenters. The molecule has 0 bridgehead atoms. The Morgan fingerprint density at radius 3 is 2.90 bits per heavy atom. The van der Waals surface area contributed by atoms with Gasteiger partial charge in [0.05, 0.1) is 17.0 Å². The maximum Gasteiger partial charge on any atom is 0.156 e. The zero-order valence-corrected chi connectivity index (χ0v) is 11.4. The lowest BCUT2D eigenvalue weighted by atomic mass is 9.93. The van der Waals surface area contributed by atoms with Crippen LogP contribution in [0.4, 0.5) is 10.2 Å². The second-order valence-corrected chi connectivity index (χ2v) is 5.35. The maximum absolute atomic E-state index is 14.0. The molecule has 1 saturated heterocycles. The first-order chi connectivity index (χ1) is 9.65. The number of hydrogen-bond donors (Lipinski definition) is 3. The number of aromatic amines is 1. The van der Waals surface area contributed by atoms with Crippen molar-refractivity contribution in [2.45, 2.75) is 25.9 Å². The lowest BCUT2D eigenvalue weighted by Gasteiger charge is -2.28. The zero-order chi connectivity index (χ0) is 14.1. The highest BCUT2D eigenvalue weighted by Crippen LogP contribution is 2.29. The SMILES string of the molecule is CC(Oc1cc(F)c2c(N)n[nH]c2c1)C1CCNCC1. The van der Waals surface area contributed by atoms with E-state index in [2.05, 4.69) is 15.5 Å². The molecule has 2 aromatic rings. The van der Waals surface area contributed by atoms with Gasteiger partial charge in [0, 0.05) is 12.1 Å². The average Bonchev–Trinajstić information content (AvgIpc) is 2.81. The van der Waals surface area contributed by atoms with Gasteiger partial charge in [0.25, 0.3) is 0 Å². The van der Waals surface area contributed by atoms with Gasteiger partial charge in [-0.1, -0.05) is 0 Å². The minimum Gasteiger partial charge on any atom is -0.490 e. The number of halogens is 1. The number of H-pyrrole nitrogens is 1. The van der Waals surface area contributed by atoms with Gasteiger partial charge in [-0.2, -0.15) is 5.10 Å². The quantitative estimate of drug-likeness (QED) is 0.803. The molecule has 1 unspecified atom stereocenters. The van der Waals surface area contributed by atoms with Gasteiger partial charge >= 0.3 is 0 Å². The van der Waals surface area contributed by atoms with Crippen LogP contribution in [-0.2, 0) is 0 Å². The molecule has 2 heterocycles. The number of anilines is 1. The Labute approximate surface area is 116 Å². The fourth-order valence-corrected chi connectivity index (χ4v) is 2.80. The Bertz CT molecular complexity index is 606. The van der Waals surface area contributed by atoms with Crippen molar-refractivity contribution in [1.29, 1.82) is 0 Å². The van der Waals surface area contributed by atoms with Crippen molar-refractivity contribution in [3.8, 4) is 5.75 Å². The normalized spacial score (nSPS) is 18.3. The number of benzene rings is 1. The molecule has 1 fully saturated rings. The van der Waals surface area contributed by atoms with Crippen LogP contribution in [0.25, 0.3) is 10.9 Å². The van der Waals surface area contributed by atoms with Crippen molar-refractivity contribution < 1.29 is 9.13 Å². The van der Waals surface area contributed by atoms with E-state index < -0.39 is 5.82 Å². The smallest absolute Gasteiger partial charge is 0.156 e. The van der Waals surface area contributed by atoms with Crippen molar-refractivity contribution in [2.24, 2.45) is 5.92 Å². The number of fused-ring (bicyclic) bond motifs is 1. The highest BCUT2D eigenvalue weighted by atomic mass is 19.1. The number of nitrogens with one attached hydrogen (secondary N) is 2. The number of nitrogens with two attached hydrogens (primary N) is 1. The molecule has 108 valence electrons. The summed E-state index contributed by atoms with van der Waals surface area (Å²) < 4.78 is 19.9. The van der Waals surface area contributed by atoms with E-state index in [4.69, 9.17) is 10.5 Å². The van der Waals surface area contributed by atoms with Crippen molar-refractivity contribution in [3.05, 3.63) is 17.9 Å². The summed E-state index contributed by atoms with van der Waals surface area (Å²) in [5, 5.41) is 10.2. The van der Waals surface area contributed by atoms with Crippen LogP contribution in [0, 0.1) is 11.7 Å². The number of nitrogen functional groups attached to an aromatic ring is 1. The molecular weight excluding hydrogens is 259 g/mol. The summed E-state index contributed by atoms with van der Waals surface area (Å²) in [6.07, 6.45) is 2.24. The predicted molar refractivity (Wildman–Crippen MR) is 76.1 cm³/mol. The van der Waals surface area contributed by atoms with Crippen LogP contribution in [-0.4, -0.2) is 29.4 Å². The van der Waals surface area contributed by atoms with Crippen molar-refractivity contribution in [2.75, 3.05) is 18.8 Å². The Kier molecular flexibility index (Phi) is 3.48. The van der Waals surface area contributed by atoms with Gasteiger partial charge in [-0.15, -0.1) is 0 Å². The topological polar surface area (TPSA) is 76.0 Å². The molecule has 20 heavy (non-hydrogen) atoms. The Hall–Kier alpha value is -1.82. The van der Waals surface area contributed by atoms with Crippen molar-refractivity contribution in [3.63, 3.8) is 0 Å². The molecular formula is C14H19FN4O. The van der Waals surface area contributed by atoms with Crippen LogP contribution in [0.3, 0.4) is 0 Å². The second-order valence-electron chi connectivity index (χ2n) is 5.35. The van der Waals surface area contributed by atoms with Gasteiger partial charge in [0.15, 0.2) is 5.82 Å². The Morgan fingerprint density at radius 2 is 2.15 bits per heavy atom. The molecule has 0 saturated carbocycles. The van der Waals surface area contributed by atoms with E-state index >= 15 is 0 Å². The number of aromatic nitrogens is 2. The first-order valence-electron chi connectivity index (χ1n) is 6.95. The monoisotopic (exact) mass is 278 g/mol. The molecule has 0 aliphatic carbocycles. The molecule has 1 aromatic carbocycles. The van der Waals surface area contributed by atoms with E-state index in [1.807, 2.05) is 6.92 Å². The molecule has 6 heteroatoms. The summed E-state index contributed by atoms with van der Waals surface area (Å²) in [6, 6.07) is 3.13. The van der Waals surface area contributed by atoms with E-state index in [9.17, 15) is 4.39 Å². The van der Waals surface area contributed by atoms with Crippen LogP contribution in [0.5, 0.6) is 5.75 Å². The number of hydrogen-bond acceptors (Lipinski definition) is 4. The Morgan fingerprint density at radius 1 is 1.40 bits per heavy atom. The first kappa shape index (κ1) is 13.2. The van der Waals surface area contributed by atoms with Gasteiger partial charge < -0.3 is 15.8 Å². The maximum atomic E-state index is 14.0. The van der Waals surface area contributed by atoms with E-state index in [1.165, 1.54) is 6.07 Å². The molecule has 4 N–H and O–H groups in total. The fourth-order valence-electron chi connectivity index (χ4n) is 2.80. The lowest BCUT2D eigenvalue weighted by Crippen LogP contribution is -2.35. The minimum absolute atomic E-state index is 0.0641. The van der Waals surface area contributed by atoms with E-state index in [1.54, 1.807) is 6.07 Å². The number of nitrogens with zero attached hydrogens (tertiary/aromatic N) is 1. The second kappa shape index (κ2) is 5.28. The van der Waals surface area contributed by atoms with Crippen LogP contribution in [0.1, 0.15) is 19.8 Å². The van der Waals surface area contributed by atoms with Gasteiger partial charge in [-0.25, -0.2) is 4.39 Å². The third kappa shape index (κ3) is 2.43. The molecule has 0 spiro atoms. The number of rotatable bonds is 3. The summed E-state index contributed by atoms with van der Waals surface area (Å²) in [6.45, 7) is 4.07. The minimum atomic E-state index is -0.402. The number of piperidine rings is 1. The van der Waals surface area contributed by atoms with Gasteiger partial charge in [0.1, 0.15) is 11.6 Å². The van der Waals surface area contributed by atoms with Gasteiger partial charge in [-0.05, 0) is 38.8 Å². The van der Waals surface area contributed by atoms with Crippen LogP contribution in [0.2, 0.25) is 0 Å². The highest BCUT2D eigenvalue weighted by molar-refractivity contribution is 5.90. The number of ether oxygens (including phenoxy) is 1. The summed E-state index contributed by atoms with van der Waals surface area (Å²) in [7, 11) is 0. The Balaban J connectivity index is 1.80. The molecule has 1 aliphatic rings. The molecule has 5 nitrogen and oxygen atoms in total. The van der Waals surface area contributed by atoms with Gasteiger partial charge in [-0.3, -0.25) is 5.10 Å². The first-order valence-corrected chi connectivity index (χ1v) is 6.95. The summed E-state index contributed by atoms with van der Waals surface area (Å²) in [5.74, 6) is 0.795. The molecule has 3 rings (SSSR count). The standard InChI is InChI=1S/C14H19FN4O/c1-8(9-2-4-17-5-3-9)20-10-6-11(15)13-12(7-10)18-19-14(13)16/h6-9,17H,2-5H2,1H3,(H3,16,18,19). The highest BCUT2D eigenvalue weighted by Gasteiger charge is 2.22. The fraction of sp³-hybridized carbons (Fsp3) is 0.500.